The molecule has 0 aliphatic rings. The SMILES string of the molecule is CC(C)Oc1cc(Cl)cc(/C(N)=N/N/C=C\c2nnco2)c1. The van der Waals surface area contributed by atoms with Gasteiger partial charge >= 0.3 is 0 Å². The molecule has 0 radical (unpaired) electrons. The summed E-state index contributed by atoms with van der Waals surface area (Å²) >= 11 is 6.05. The molecule has 1 heterocycles. The van der Waals surface area contributed by atoms with Crippen molar-refractivity contribution in [3.8, 4) is 5.75 Å². The Morgan fingerprint density at radius 3 is 2.95 bits per heavy atom. The van der Waals surface area contributed by atoms with Gasteiger partial charge in [-0.05, 0) is 32.0 Å². The van der Waals surface area contributed by atoms with Crippen molar-refractivity contribution < 1.29 is 9.15 Å². The molecule has 0 saturated carbocycles. The van der Waals surface area contributed by atoms with E-state index in [4.69, 9.17) is 26.5 Å². The van der Waals surface area contributed by atoms with Gasteiger partial charge in [0, 0.05) is 22.9 Å². The maximum absolute atomic E-state index is 6.05. The average Bonchev–Trinajstić information content (AvgIpc) is 2.95. The predicted molar refractivity (Wildman–Crippen MR) is 84.4 cm³/mol. The first kappa shape index (κ1) is 15.8. The van der Waals surface area contributed by atoms with E-state index in [1.807, 2.05) is 13.8 Å². The molecule has 0 aliphatic heterocycles. The van der Waals surface area contributed by atoms with Crippen molar-refractivity contribution in [2.75, 3.05) is 0 Å². The van der Waals surface area contributed by atoms with Crippen LogP contribution < -0.4 is 15.9 Å². The highest BCUT2D eigenvalue weighted by Crippen LogP contribution is 2.21. The number of benzene rings is 1. The molecule has 0 bridgehead atoms. The summed E-state index contributed by atoms with van der Waals surface area (Å²) < 4.78 is 10.5. The third-order valence-corrected chi connectivity index (χ3v) is 2.62. The molecule has 1 aromatic carbocycles. The summed E-state index contributed by atoms with van der Waals surface area (Å²) in [6, 6.07) is 5.20. The van der Waals surface area contributed by atoms with E-state index in [0.717, 1.165) is 0 Å². The summed E-state index contributed by atoms with van der Waals surface area (Å²) in [6.45, 7) is 3.86. The summed E-state index contributed by atoms with van der Waals surface area (Å²) in [5, 5.41) is 11.8. The molecule has 0 spiro atoms. The molecule has 22 heavy (non-hydrogen) atoms. The fraction of sp³-hybridized carbons (Fsp3) is 0.214. The number of aromatic nitrogens is 2. The van der Waals surface area contributed by atoms with Gasteiger partial charge in [-0.3, -0.25) is 5.43 Å². The van der Waals surface area contributed by atoms with Crippen LogP contribution in [0.2, 0.25) is 5.02 Å². The maximum atomic E-state index is 6.05. The van der Waals surface area contributed by atoms with Crippen molar-refractivity contribution in [1.29, 1.82) is 0 Å². The molecule has 1 aromatic heterocycles. The second kappa shape index (κ2) is 7.46. The van der Waals surface area contributed by atoms with Crippen molar-refractivity contribution in [1.82, 2.24) is 15.6 Å². The fourth-order valence-electron chi connectivity index (χ4n) is 1.58. The van der Waals surface area contributed by atoms with Crippen molar-refractivity contribution in [3.63, 3.8) is 0 Å². The van der Waals surface area contributed by atoms with E-state index in [2.05, 4.69) is 20.7 Å². The van der Waals surface area contributed by atoms with Gasteiger partial charge in [-0.25, -0.2) is 0 Å². The Labute approximate surface area is 132 Å². The second-order valence-electron chi connectivity index (χ2n) is 4.58. The molecule has 0 saturated heterocycles. The van der Waals surface area contributed by atoms with E-state index in [1.54, 1.807) is 24.3 Å². The highest BCUT2D eigenvalue weighted by Gasteiger charge is 2.05. The minimum absolute atomic E-state index is 0.0416. The Morgan fingerprint density at radius 2 is 2.27 bits per heavy atom. The third kappa shape index (κ3) is 4.78. The summed E-state index contributed by atoms with van der Waals surface area (Å²) in [5.74, 6) is 1.26. The second-order valence-corrected chi connectivity index (χ2v) is 5.02. The Morgan fingerprint density at radius 1 is 1.45 bits per heavy atom. The first-order chi connectivity index (χ1) is 10.5. The topological polar surface area (TPSA) is 98.6 Å². The predicted octanol–water partition coefficient (Wildman–Crippen LogP) is 2.39. The number of nitrogens with two attached hydrogens (primary N) is 1. The van der Waals surface area contributed by atoms with E-state index in [-0.39, 0.29) is 11.9 Å². The number of ether oxygens (including phenoxy) is 1. The average molecular weight is 322 g/mol. The van der Waals surface area contributed by atoms with Crippen molar-refractivity contribution in [2.45, 2.75) is 20.0 Å². The molecule has 8 heteroatoms. The number of halogens is 1. The van der Waals surface area contributed by atoms with Crippen LogP contribution in [0.3, 0.4) is 0 Å². The van der Waals surface area contributed by atoms with Gasteiger partial charge in [0.2, 0.25) is 12.3 Å². The Kier molecular flexibility index (Phi) is 5.37. The lowest BCUT2D eigenvalue weighted by Gasteiger charge is -2.11. The number of amidine groups is 1. The van der Waals surface area contributed by atoms with Gasteiger partial charge < -0.3 is 14.9 Å². The van der Waals surface area contributed by atoms with E-state index in [0.29, 0.717) is 22.2 Å². The number of hydrogen-bond acceptors (Lipinski definition) is 6. The molecule has 0 amide bonds. The van der Waals surface area contributed by atoms with Crippen LogP contribution in [0.15, 0.2) is 40.3 Å². The van der Waals surface area contributed by atoms with Crippen LogP contribution in [-0.4, -0.2) is 22.1 Å². The lowest BCUT2D eigenvalue weighted by Crippen LogP contribution is -2.17. The molecular formula is C14H16ClN5O2. The maximum Gasteiger partial charge on any atom is 0.241 e. The monoisotopic (exact) mass is 321 g/mol. The number of hydrogen-bond donors (Lipinski definition) is 2. The van der Waals surface area contributed by atoms with Gasteiger partial charge in [0.25, 0.3) is 0 Å². The quantitative estimate of drug-likeness (QED) is 0.481. The molecule has 0 unspecified atom stereocenters. The van der Waals surface area contributed by atoms with Crippen molar-refractivity contribution in [2.24, 2.45) is 10.8 Å². The minimum Gasteiger partial charge on any atom is -0.491 e. The van der Waals surface area contributed by atoms with Gasteiger partial charge in [0.05, 0.1) is 6.10 Å². The molecule has 2 aromatic rings. The van der Waals surface area contributed by atoms with Crippen molar-refractivity contribution in [3.05, 3.63) is 47.3 Å². The summed E-state index contributed by atoms with van der Waals surface area (Å²) in [7, 11) is 0. The fourth-order valence-corrected chi connectivity index (χ4v) is 1.81. The first-order valence-electron chi connectivity index (χ1n) is 6.53. The number of nitrogens with one attached hydrogen (secondary N) is 1. The Balaban J connectivity index is 2.06. The number of hydrazone groups is 1. The van der Waals surface area contributed by atoms with Crippen LogP contribution in [0.5, 0.6) is 5.75 Å². The zero-order valence-corrected chi connectivity index (χ0v) is 12.9. The van der Waals surface area contributed by atoms with Crippen LogP contribution in [0.1, 0.15) is 25.3 Å². The van der Waals surface area contributed by atoms with E-state index >= 15 is 0 Å². The van der Waals surface area contributed by atoms with Crippen LogP contribution >= 0.6 is 11.6 Å². The van der Waals surface area contributed by atoms with Crippen LogP contribution in [0, 0.1) is 0 Å². The van der Waals surface area contributed by atoms with Crippen LogP contribution in [-0.2, 0) is 0 Å². The van der Waals surface area contributed by atoms with E-state index in [9.17, 15) is 0 Å². The molecule has 116 valence electrons. The van der Waals surface area contributed by atoms with E-state index < -0.39 is 0 Å². The minimum atomic E-state index is 0.0416. The van der Waals surface area contributed by atoms with Crippen LogP contribution in [0.25, 0.3) is 6.08 Å². The lowest BCUT2D eigenvalue weighted by molar-refractivity contribution is 0.242. The van der Waals surface area contributed by atoms with Gasteiger partial charge in [0.15, 0.2) is 5.84 Å². The lowest BCUT2D eigenvalue weighted by atomic mass is 10.2. The number of rotatable bonds is 6. The zero-order chi connectivity index (χ0) is 15.9. The Bertz CT molecular complexity index is 668. The zero-order valence-electron chi connectivity index (χ0n) is 12.2. The van der Waals surface area contributed by atoms with Crippen LogP contribution in [0.4, 0.5) is 0 Å². The standard InChI is InChI=1S/C14H16ClN5O2/c1-9(2)22-12-6-10(5-11(15)7-12)14(16)20-17-4-3-13-19-18-8-21-13/h3-9,17H,1-2H3,(H2,16,20)/b4-3-. The summed E-state index contributed by atoms with van der Waals surface area (Å²) in [5.41, 5.74) is 9.24. The highest BCUT2D eigenvalue weighted by molar-refractivity contribution is 6.31. The molecule has 3 N–H and O–H groups in total. The first-order valence-corrected chi connectivity index (χ1v) is 6.91. The largest absolute Gasteiger partial charge is 0.491 e. The normalized spacial score (nSPS) is 12.1. The molecule has 0 aliphatic carbocycles. The molecule has 2 rings (SSSR count). The smallest absolute Gasteiger partial charge is 0.241 e. The summed E-state index contributed by atoms with van der Waals surface area (Å²) in [6.07, 6.45) is 4.37. The number of nitrogens with zero attached hydrogens (tertiary/aromatic N) is 3. The van der Waals surface area contributed by atoms with Gasteiger partial charge in [-0.2, -0.15) is 5.10 Å². The molecule has 7 nitrogen and oxygen atoms in total. The van der Waals surface area contributed by atoms with E-state index in [1.165, 1.54) is 12.6 Å². The Hall–Kier alpha value is -2.54. The third-order valence-electron chi connectivity index (χ3n) is 2.40. The van der Waals surface area contributed by atoms with Gasteiger partial charge in [-0.15, -0.1) is 10.2 Å². The molecule has 0 atom stereocenters. The highest BCUT2D eigenvalue weighted by atomic mass is 35.5. The van der Waals surface area contributed by atoms with Gasteiger partial charge in [0.1, 0.15) is 5.75 Å². The van der Waals surface area contributed by atoms with Gasteiger partial charge in [-0.1, -0.05) is 11.6 Å². The molecular weight excluding hydrogens is 306 g/mol. The summed E-state index contributed by atoms with van der Waals surface area (Å²) in [4.78, 5) is 0. The van der Waals surface area contributed by atoms with Crippen molar-refractivity contribution >= 4 is 23.5 Å². The molecule has 0 fully saturated rings.